The molecule has 2 aromatic rings. The number of aromatic nitrogens is 2. The molecule has 0 saturated carbocycles. The molecule has 0 spiro atoms. The predicted octanol–water partition coefficient (Wildman–Crippen LogP) is 0.655. The van der Waals surface area contributed by atoms with Crippen LogP contribution in [-0.4, -0.2) is 39.1 Å². The van der Waals surface area contributed by atoms with Gasteiger partial charge in [0.05, 0.1) is 12.0 Å². The lowest BCUT2D eigenvalue weighted by atomic mass is 10.2. The third kappa shape index (κ3) is 8.30. The summed E-state index contributed by atoms with van der Waals surface area (Å²) in [4.78, 5) is 25.8. The summed E-state index contributed by atoms with van der Waals surface area (Å²) in [5, 5.41) is 12.8. The maximum atomic E-state index is 11.4. The monoisotopic (exact) mass is 352 g/mol. The van der Waals surface area contributed by atoms with Crippen LogP contribution in [0.1, 0.15) is 12.1 Å². The zero-order chi connectivity index (χ0) is 17.9. The number of hydrogen-bond donors (Lipinski definition) is 3. The maximum Gasteiger partial charge on any atom is 0.249 e. The van der Waals surface area contributed by atoms with E-state index in [0.29, 0.717) is 5.69 Å². The second kappa shape index (κ2) is 10.4. The Balaban J connectivity index is 0.000000341. The molecule has 130 valence electrons. The highest BCUT2D eigenvalue weighted by atomic mass is 35.5. The van der Waals surface area contributed by atoms with Gasteiger partial charge in [-0.3, -0.25) is 9.59 Å². The number of primary amides is 1. The number of benzene rings is 1. The highest BCUT2D eigenvalue weighted by molar-refractivity contribution is 6.30. The highest BCUT2D eigenvalue weighted by Gasteiger charge is 2.16. The van der Waals surface area contributed by atoms with Crippen molar-refractivity contribution in [2.75, 3.05) is 6.54 Å². The first-order chi connectivity index (χ1) is 11.4. The van der Waals surface area contributed by atoms with E-state index in [9.17, 15) is 14.7 Å². The fraction of sp³-hybridized carbons (Fsp3) is 0.312. The summed E-state index contributed by atoms with van der Waals surface area (Å²) in [6.45, 7) is 0.132. The Labute approximate surface area is 145 Å². The third-order valence-electron chi connectivity index (χ3n) is 2.87. The van der Waals surface area contributed by atoms with E-state index in [0.717, 1.165) is 5.02 Å². The van der Waals surface area contributed by atoms with E-state index in [1.165, 1.54) is 0 Å². The number of aliphatic hydroxyl groups is 1. The van der Waals surface area contributed by atoms with Gasteiger partial charge in [-0.2, -0.15) is 0 Å². The Morgan fingerprint density at radius 3 is 2.50 bits per heavy atom. The van der Waals surface area contributed by atoms with Gasteiger partial charge in [-0.15, -0.1) is 0 Å². The fourth-order valence-corrected chi connectivity index (χ4v) is 1.85. The molecule has 0 aliphatic heterocycles. The highest BCUT2D eigenvalue weighted by Crippen LogP contribution is 2.03. The van der Waals surface area contributed by atoms with Crippen molar-refractivity contribution in [3.8, 4) is 0 Å². The van der Waals surface area contributed by atoms with E-state index in [-0.39, 0.29) is 19.4 Å². The molecule has 0 saturated heterocycles. The molecule has 0 aliphatic rings. The first-order valence-corrected chi connectivity index (χ1v) is 7.67. The summed E-state index contributed by atoms with van der Waals surface area (Å²) in [7, 11) is 1.80. The number of carbonyl (C=O) groups excluding carboxylic acids is 2. The minimum absolute atomic E-state index is 0.0576. The molecule has 7 nitrogen and oxygen atoms in total. The summed E-state index contributed by atoms with van der Waals surface area (Å²) in [6, 6.07) is 9.44. The van der Waals surface area contributed by atoms with Gasteiger partial charge in [-0.1, -0.05) is 29.8 Å². The SMILES string of the molecule is Clc1ccccc1.Cn1cnc(CC(O)C(=O)NCCC(N)=O)c1. The first-order valence-electron chi connectivity index (χ1n) is 7.30. The van der Waals surface area contributed by atoms with Gasteiger partial charge in [-0.25, -0.2) is 4.98 Å². The van der Waals surface area contributed by atoms with Gasteiger partial charge in [0.1, 0.15) is 6.10 Å². The first kappa shape index (κ1) is 19.7. The number of nitrogens with zero attached hydrogens (tertiary/aromatic N) is 2. The molecule has 0 radical (unpaired) electrons. The van der Waals surface area contributed by atoms with Crippen LogP contribution in [-0.2, 0) is 23.1 Å². The molecule has 4 N–H and O–H groups in total. The normalized spacial score (nSPS) is 11.1. The van der Waals surface area contributed by atoms with Crippen molar-refractivity contribution in [3.05, 3.63) is 53.6 Å². The molecular weight excluding hydrogens is 332 g/mol. The van der Waals surface area contributed by atoms with E-state index in [1.807, 2.05) is 30.3 Å². The number of nitrogens with one attached hydrogen (secondary N) is 1. The van der Waals surface area contributed by atoms with Crippen molar-refractivity contribution >= 4 is 23.4 Å². The lowest BCUT2D eigenvalue weighted by Crippen LogP contribution is -2.37. The largest absolute Gasteiger partial charge is 0.383 e. The molecule has 0 bridgehead atoms. The molecule has 8 heteroatoms. The van der Waals surface area contributed by atoms with Gasteiger partial charge in [0, 0.05) is 37.7 Å². The number of nitrogens with two attached hydrogens (primary N) is 1. The Bertz CT molecular complexity index is 646. The summed E-state index contributed by atoms with van der Waals surface area (Å²) in [6.07, 6.45) is 2.34. The van der Waals surface area contributed by atoms with Crippen LogP contribution in [0.2, 0.25) is 5.02 Å². The van der Waals surface area contributed by atoms with E-state index < -0.39 is 17.9 Å². The number of carbonyl (C=O) groups is 2. The van der Waals surface area contributed by atoms with Crippen molar-refractivity contribution in [1.82, 2.24) is 14.9 Å². The Hall–Kier alpha value is -2.38. The van der Waals surface area contributed by atoms with E-state index >= 15 is 0 Å². The number of hydrogen-bond acceptors (Lipinski definition) is 4. The molecule has 24 heavy (non-hydrogen) atoms. The molecule has 0 fully saturated rings. The van der Waals surface area contributed by atoms with Gasteiger partial charge < -0.3 is 20.7 Å². The molecule has 1 heterocycles. The predicted molar refractivity (Wildman–Crippen MR) is 91.2 cm³/mol. The van der Waals surface area contributed by atoms with Gasteiger partial charge in [0.2, 0.25) is 11.8 Å². The summed E-state index contributed by atoms with van der Waals surface area (Å²) < 4.78 is 1.73. The van der Waals surface area contributed by atoms with Crippen LogP contribution in [0.3, 0.4) is 0 Å². The van der Waals surface area contributed by atoms with Crippen molar-refractivity contribution < 1.29 is 14.7 Å². The molecule has 1 atom stereocenters. The van der Waals surface area contributed by atoms with Gasteiger partial charge in [0.15, 0.2) is 0 Å². The zero-order valence-corrected chi connectivity index (χ0v) is 14.1. The van der Waals surface area contributed by atoms with Gasteiger partial charge >= 0.3 is 0 Å². The zero-order valence-electron chi connectivity index (χ0n) is 13.4. The number of amides is 2. The van der Waals surface area contributed by atoms with Crippen LogP contribution < -0.4 is 11.1 Å². The standard InChI is InChI=1S/C10H16N4O3.C6H5Cl/c1-14-5-7(13-6-14)4-8(15)10(17)12-3-2-9(11)16;7-6-4-2-1-3-5-6/h5-6,8,15H,2-4H2,1H3,(H2,11,16)(H,12,17);1-5H. The van der Waals surface area contributed by atoms with E-state index in [4.69, 9.17) is 17.3 Å². The minimum Gasteiger partial charge on any atom is -0.383 e. The molecular formula is C16H21ClN4O3. The maximum absolute atomic E-state index is 11.4. The second-order valence-corrected chi connectivity index (χ2v) is 5.49. The van der Waals surface area contributed by atoms with Gasteiger partial charge in [-0.05, 0) is 12.1 Å². The van der Waals surface area contributed by atoms with Crippen LogP contribution in [0.25, 0.3) is 0 Å². The quantitative estimate of drug-likeness (QED) is 0.709. The van der Waals surface area contributed by atoms with Crippen LogP contribution in [0.5, 0.6) is 0 Å². The Morgan fingerprint density at radius 2 is 2.04 bits per heavy atom. The molecule has 1 aromatic carbocycles. The minimum atomic E-state index is -1.17. The van der Waals surface area contributed by atoms with Crippen molar-refractivity contribution in [1.29, 1.82) is 0 Å². The van der Waals surface area contributed by atoms with E-state index in [2.05, 4.69) is 10.3 Å². The van der Waals surface area contributed by atoms with Crippen LogP contribution >= 0.6 is 11.6 Å². The van der Waals surface area contributed by atoms with Crippen molar-refractivity contribution in [2.24, 2.45) is 12.8 Å². The fourth-order valence-electron chi connectivity index (χ4n) is 1.70. The summed E-state index contributed by atoms with van der Waals surface area (Å²) >= 11 is 5.54. The van der Waals surface area contributed by atoms with Crippen molar-refractivity contribution in [3.63, 3.8) is 0 Å². The molecule has 2 rings (SSSR count). The van der Waals surface area contributed by atoms with Crippen LogP contribution in [0, 0.1) is 0 Å². The number of aliphatic hydroxyl groups excluding tert-OH is 1. The summed E-state index contributed by atoms with van der Waals surface area (Å²) in [5.41, 5.74) is 5.55. The number of aryl methyl sites for hydroxylation is 1. The number of imidazole rings is 1. The number of rotatable bonds is 6. The second-order valence-electron chi connectivity index (χ2n) is 5.05. The molecule has 1 unspecified atom stereocenters. The van der Waals surface area contributed by atoms with Crippen LogP contribution in [0.4, 0.5) is 0 Å². The Morgan fingerprint density at radius 1 is 1.38 bits per heavy atom. The van der Waals surface area contributed by atoms with E-state index in [1.54, 1.807) is 24.1 Å². The lowest BCUT2D eigenvalue weighted by Gasteiger charge is -2.09. The molecule has 1 aromatic heterocycles. The smallest absolute Gasteiger partial charge is 0.249 e. The van der Waals surface area contributed by atoms with Gasteiger partial charge in [0.25, 0.3) is 0 Å². The third-order valence-corrected chi connectivity index (χ3v) is 3.12. The molecule has 0 aliphatic carbocycles. The Kier molecular flexibility index (Phi) is 8.53. The van der Waals surface area contributed by atoms with Crippen molar-refractivity contribution in [2.45, 2.75) is 18.9 Å². The van der Waals surface area contributed by atoms with Crippen LogP contribution in [0.15, 0.2) is 42.9 Å². The topological polar surface area (TPSA) is 110 Å². The molecule has 2 amide bonds. The number of halogens is 1. The lowest BCUT2D eigenvalue weighted by molar-refractivity contribution is -0.129. The summed E-state index contributed by atoms with van der Waals surface area (Å²) in [5.74, 6) is -1.03. The average Bonchev–Trinajstić information content (AvgIpc) is 2.93. The average molecular weight is 353 g/mol.